The van der Waals surface area contributed by atoms with Gasteiger partial charge in [-0.05, 0) is 24.5 Å². The highest BCUT2D eigenvalue weighted by Gasteiger charge is 2.16. The van der Waals surface area contributed by atoms with Crippen molar-refractivity contribution in [3.63, 3.8) is 0 Å². The molecule has 0 saturated heterocycles. The molecule has 18 heavy (non-hydrogen) atoms. The van der Waals surface area contributed by atoms with Gasteiger partial charge in [-0.3, -0.25) is 0 Å². The smallest absolute Gasteiger partial charge is 0.129 e. The van der Waals surface area contributed by atoms with Crippen LogP contribution in [0.15, 0.2) is 41.5 Å². The second kappa shape index (κ2) is 7.30. The Kier molecular flexibility index (Phi) is 5.68. The minimum atomic E-state index is 0.181. The Hall–Kier alpha value is -2.06. The van der Waals surface area contributed by atoms with E-state index in [2.05, 4.69) is 19.1 Å². The monoisotopic (exact) mass is 238 g/mol. The van der Waals surface area contributed by atoms with E-state index < -0.39 is 0 Å². The summed E-state index contributed by atoms with van der Waals surface area (Å²) in [7, 11) is 0. The third-order valence-electron chi connectivity index (χ3n) is 3.19. The van der Waals surface area contributed by atoms with Crippen LogP contribution in [0.2, 0.25) is 0 Å². The van der Waals surface area contributed by atoms with Crippen LogP contribution >= 0.6 is 0 Å². The standard InChI is InChI=1S/C16H18N2/c1-3-4-10-16(13(2)15(11-17)12-18)14-8-6-5-7-9-14/h5-9,16H,3-4,10H2,1-2H3. The molecular formula is C16H18N2. The van der Waals surface area contributed by atoms with Crippen molar-refractivity contribution < 1.29 is 0 Å². The van der Waals surface area contributed by atoms with Gasteiger partial charge in [0.15, 0.2) is 0 Å². The molecule has 0 aromatic heterocycles. The van der Waals surface area contributed by atoms with Gasteiger partial charge < -0.3 is 0 Å². The first-order chi connectivity index (χ1) is 8.74. The van der Waals surface area contributed by atoms with Crippen LogP contribution in [-0.2, 0) is 0 Å². The second-order valence-corrected chi connectivity index (χ2v) is 4.39. The maximum atomic E-state index is 8.99. The lowest BCUT2D eigenvalue weighted by Gasteiger charge is -2.18. The number of benzene rings is 1. The summed E-state index contributed by atoms with van der Waals surface area (Å²) >= 11 is 0. The number of hydrogen-bond donors (Lipinski definition) is 0. The van der Waals surface area contributed by atoms with Crippen molar-refractivity contribution in [1.82, 2.24) is 0 Å². The van der Waals surface area contributed by atoms with Crippen molar-refractivity contribution in [2.75, 3.05) is 0 Å². The summed E-state index contributed by atoms with van der Waals surface area (Å²) in [6.07, 6.45) is 3.20. The molecule has 0 amide bonds. The maximum Gasteiger partial charge on any atom is 0.129 e. The molecule has 1 atom stereocenters. The largest absolute Gasteiger partial charge is 0.192 e. The fourth-order valence-electron chi connectivity index (χ4n) is 2.10. The molecule has 0 aliphatic carbocycles. The Morgan fingerprint density at radius 3 is 2.28 bits per heavy atom. The van der Waals surface area contributed by atoms with Gasteiger partial charge in [0.05, 0.1) is 0 Å². The normalized spacial score (nSPS) is 11.1. The number of allylic oxidation sites excluding steroid dienone is 2. The van der Waals surface area contributed by atoms with Crippen LogP contribution in [-0.4, -0.2) is 0 Å². The van der Waals surface area contributed by atoms with Gasteiger partial charge in [-0.15, -0.1) is 0 Å². The van der Waals surface area contributed by atoms with Crippen LogP contribution in [0, 0.1) is 22.7 Å². The van der Waals surface area contributed by atoms with E-state index in [-0.39, 0.29) is 11.5 Å². The molecule has 0 radical (unpaired) electrons. The maximum absolute atomic E-state index is 8.99. The van der Waals surface area contributed by atoms with Gasteiger partial charge in [0.2, 0.25) is 0 Å². The predicted molar refractivity (Wildman–Crippen MR) is 72.6 cm³/mol. The van der Waals surface area contributed by atoms with E-state index in [1.807, 2.05) is 37.3 Å². The molecule has 2 heteroatoms. The molecule has 0 aliphatic heterocycles. The Morgan fingerprint density at radius 2 is 1.78 bits per heavy atom. The zero-order valence-electron chi connectivity index (χ0n) is 11.0. The fraction of sp³-hybridized carbons (Fsp3) is 0.375. The van der Waals surface area contributed by atoms with Crippen LogP contribution in [0.4, 0.5) is 0 Å². The van der Waals surface area contributed by atoms with Crippen molar-refractivity contribution in [2.45, 2.75) is 39.0 Å². The molecule has 0 fully saturated rings. The van der Waals surface area contributed by atoms with E-state index in [4.69, 9.17) is 10.5 Å². The highest BCUT2D eigenvalue weighted by Crippen LogP contribution is 2.31. The van der Waals surface area contributed by atoms with Crippen molar-refractivity contribution in [3.8, 4) is 12.1 Å². The second-order valence-electron chi connectivity index (χ2n) is 4.39. The van der Waals surface area contributed by atoms with Crippen LogP contribution in [0.25, 0.3) is 0 Å². The Balaban J connectivity index is 3.12. The molecule has 0 aliphatic rings. The highest BCUT2D eigenvalue weighted by molar-refractivity contribution is 5.44. The third kappa shape index (κ3) is 3.47. The van der Waals surface area contributed by atoms with Crippen LogP contribution < -0.4 is 0 Å². The molecule has 0 saturated carbocycles. The summed E-state index contributed by atoms with van der Waals surface area (Å²) in [5, 5.41) is 18.0. The van der Waals surface area contributed by atoms with Gasteiger partial charge in [0.1, 0.15) is 17.7 Å². The van der Waals surface area contributed by atoms with Crippen LogP contribution in [0.3, 0.4) is 0 Å². The molecule has 92 valence electrons. The Morgan fingerprint density at radius 1 is 1.17 bits per heavy atom. The van der Waals surface area contributed by atoms with Gasteiger partial charge in [-0.2, -0.15) is 10.5 Å². The van der Waals surface area contributed by atoms with Gasteiger partial charge in [0, 0.05) is 5.92 Å². The third-order valence-corrected chi connectivity index (χ3v) is 3.19. The van der Waals surface area contributed by atoms with Crippen molar-refractivity contribution >= 4 is 0 Å². The first kappa shape index (κ1) is 14.0. The molecule has 0 spiro atoms. The number of nitrogens with zero attached hydrogens (tertiary/aromatic N) is 2. The van der Waals surface area contributed by atoms with E-state index >= 15 is 0 Å². The summed E-state index contributed by atoms with van der Waals surface area (Å²) in [6, 6.07) is 14.1. The minimum Gasteiger partial charge on any atom is -0.192 e. The lowest BCUT2D eigenvalue weighted by molar-refractivity contribution is 0.640. The van der Waals surface area contributed by atoms with E-state index in [0.717, 1.165) is 24.8 Å². The van der Waals surface area contributed by atoms with Crippen molar-refractivity contribution in [2.24, 2.45) is 0 Å². The number of nitriles is 2. The topological polar surface area (TPSA) is 47.6 Å². The minimum absolute atomic E-state index is 0.181. The molecule has 2 nitrogen and oxygen atoms in total. The summed E-state index contributed by atoms with van der Waals surface area (Å²) in [5.41, 5.74) is 2.33. The first-order valence-corrected chi connectivity index (χ1v) is 6.30. The average Bonchev–Trinajstić information content (AvgIpc) is 2.42. The zero-order chi connectivity index (χ0) is 13.4. The van der Waals surface area contributed by atoms with Crippen molar-refractivity contribution in [1.29, 1.82) is 10.5 Å². The lowest BCUT2D eigenvalue weighted by Crippen LogP contribution is -2.03. The van der Waals surface area contributed by atoms with Gasteiger partial charge in [-0.1, -0.05) is 50.1 Å². The van der Waals surface area contributed by atoms with Crippen molar-refractivity contribution in [3.05, 3.63) is 47.0 Å². The SMILES string of the molecule is CCCCC(C(C)=C(C#N)C#N)c1ccccc1. The molecule has 1 rings (SSSR count). The molecule has 1 aromatic carbocycles. The number of unbranched alkanes of at least 4 members (excludes halogenated alkanes) is 1. The predicted octanol–water partition coefficient (Wildman–Crippen LogP) is 4.32. The van der Waals surface area contributed by atoms with Gasteiger partial charge >= 0.3 is 0 Å². The van der Waals surface area contributed by atoms with E-state index in [9.17, 15) is 0 Å². The molecule has 1 unspecified atom stereocenters. The summed E-state index contributed by atoms with van der Waals surface area (Å²) in [5.74, 6) is 0.181. The van der Waals surface area contributed by atoms with Crippen LogP contribution in [0.1, 0.15) is 44.6 Å². The van der Waals surface area contributed by atoms with Gasteiger partial charge in [0.25, 0.3) is 0 Å². The summed E-state index contributed by atoms with van der Waals surface area (Å²) in [4.78, 5) is 0. The zero-order valence-corrected chi connectivity index (χ0v) is 11.0. The summed E-state index contributed by atoms with van der Waals surface area (Å²) < 4.78 is 0. The number of hydrogen-bond acceptors (Lipinski definition) is 2. The number of rotatable bonds is 5. The molecule has 0 heterocycles. The van der Waals surface area contributed by atoms with E-state index in [1.54, 1.807) is 0 Å². The molecule has 1 aromatic rings. The van der Waals surface area contributed by atoms with E-state index in [1.165, 1.54) is 5.56 Å². The molecular weight excluding hydrogens is 220 g/mol. The Bertz CT molecular complexity index is 470. The van der Waals surface area contributed by atoms with E-state index in [0.29, 0.717) is 0 Å². The first-order valence-electron chi connectivity index (χ1n) is 6.30. The molecule has 0 bridgehead atoms. The average molecular weight is 238 g/mol. The lowest BCUT2D eigenvalue weighted by atomic mass is 9.85. The van der Waals surface area contributed by atoms with Gasteiger partial charge in [-0.25, -0.2) is 0 Å². The fourth-order valence-corrected chi connectivity index (χ4v) is 2.10. The quantitative estimate of drug-likeness (QED) is 0.717. The molecule has 0 N–H and O–H groups in total. The Labute approximate surface area is 109 Å². The summed E-state index contributed by atoms with van der Waals surface area (Å²) in [6.45, 7) is 4.05. The van der Waals surface area contributed by atoms with Crippen LogP contribution in [0.5, 0.6) is 0 Å². The highest BCUT2D eigenvalue weighted by atomic mass is 14.3.